The van der Waals surface area contributed by atoms with Gasteiger partial charge in [-0.2, -0.15) is 4.89 Å². The van der Waals surface area contributed by atoms with E-state index >= 15 is 0 Å². The summed E-state index contributed by atoms with van der Waals surface area (Å²) in [5.74, 6) is 0.358. The normalized spacial score (nSPS) is 11.2. The van der Waals surface area contributed by atoms with Gasteiger partial charge in [-0.05, 0) is 39.8 Å². The molecule has 0 saturated heterocycles. The van der Waals surface area contributed by atoms with Crippen molar-refractivity contribution in [2.75, 3.05) is 0 Å². The molecule has 0 aromatic heterocycles. The number of carbonyl (C=O) groups is 1. The Hall–Kier alpha value is -2.13. The van der Waals surface area contributed by atoms with E-state index in [1.54, 1.807) is 18.2 Å². The molecule has 0 saturated carbocycles. The molecule has 0 aliphatic rings. The summed E-state index contributed by atoms with van der Waals surface area (Å²) >= 11 is 0. The Morgan fingerprint density at radius 2 is 1.67 bits per heavy atom. The molecule has 0 heterocycles. The second-order valence-electron chi connectivity index (χ2n) is 5.97. The maximum absolute atomic E-state index is 12.6. The van der Waals surface area contributed by atoms with E-state index in [9.17, 15) is 4.79 Å². The van der Waals surface area contributed by atoms with Crippen LogP contribution < -0.4 is 4.89 Å². The van der Waals surface area contributed by atoms with Gasteiger partial charge in [0.05, 0.1) is 5.56 Å². The van der Waals surface area contributed by atoms with Crippen LogP contribution in [-0.2, 0) is 4.89 Å². The van der Waals surface area contributed by atoms with E-state index in [-0.39, 0.29) is 5.78 Å². The van der Waals surface area contributed by atoms with Gasteiger partial charge in [0.2, 0.25) is 0 Å². The van der Waals surface area contributed by atoms with Gasteiger partial charge < -0.3 is 4.89 Å². The summed E-state index contributed by atoms with van der Waals surface area (Å²) in [5.41, 5.74) is 1.68. The number of aryl methyl sites for hydroxylation is 1. The fourth-order valence-corrected chi connectivity index (χ4v) is 1.81. The molecular formula is C18H20O3. The molecule has 0 radical (unpaired) electrons. The van der Waals surface area contributed by atoms with Crippen molar-refractivity contribution in [2.24, 2.45) is 0 Å². The Morgan fingerprint density at radius 3 is 2.29 bits per heavy atom. The third-order valence-corrected chi connectivity index (χ3v) is 2.80. The van der Waals surface area contributed by atoms with Crippen LogP contribution >= 0.6 is 0 Å². The van der Waals surface area contributed by atoms with Crippen molar-refractivity contribution in [1.29, 1.82) is 0 Å². The van der Waals surface area contributed by atoms with Gasteiger partial charge in [-0.15, -0.1) is 0 Å². The molecule has 0 atom stereocenters. The third-order valence-electron chi connectivity index (χ3n) is 2.80. The number of hydrogen-bond acceptors (Lipinski definition) is 3. The summed E-state index contributed by atoms with van der Waals surface area (Å²) in [6, 6.07) is 14.6. The molecule has 0 bridgehead atoms. The highest BCUT2D eigenvalue weighted by Gasteiger charge is 2.18. The van der Waals surface area contributed by atoms with Crippen LogP contribution in [0.5, 0.6) is 5.75 Å². The molecule has 110 valence electrons. The Morgan fingerprint density at radius 1 is 1.00 bits per heavy atom. The van der Waals surface area contributed by atoms with E-state index in [2.05, 4.69) is 0 Å². The summed E-state index contributed by atoms with van der Waals surface area (Å²) in [6.45, 7) is 7.61. The molecule has 0 N–H and O–H groups in total. The van der Waals surface area contributed by atoms with Crippen molar-refractivity contribution in [3.8, 4) is 5.75 Å². The van der Waals surface area contributed by atoms with Gasteiger partial charge in [0, 0.05) is 5.56 Å². The number of ketones is 1. The average molecular weight is 284 g/mol. The summed E-state index contributed by atoms with van der Waals surface area (Å²) in [6.07, 6.45) is 0. The van der Waals surface area contributed by atoms with Crippen molar-refractivity contribution in [3.05, 3.63) is 65.2 Å². The summed E-state index contributed by atoms with van der Waals surface area (Å²) in [5, 5.41) is 0. The van der Waals surface area contributed by atoms with Crippen molar-refractivity contribution < 1.29 is 14.6 Å². The van der Waals surface area contributed by atoms with Crippen molar-refractivity contribution in [3.63, 3.8) is 0 Å². The minimum Gasteiger partial charge on any atom is -0.336 e. The smallest absolute Gasteiger partial charge is 0.196 e. The van der Waals surface area contributed by atoms with Crippen molar-refractivity contribution >= 4 is 5.78 Å². The first-order valence-corrected chi connectivity index (χ1v) is 6.93. The minimum absolute atomic E-state index is 0.0770. The molecule has 2 aromatic rings. The molecule has 0 spiro atoms. The topological polar surface area (TPSA) is 35.5 Å². The van der Waals surface area contributed by atoms with E-state index in [4.69, 9.17) is 9.78 Å². The van der Waals surface area contributed by atoms with E-state index in [1.165, 1.54) is 0 Å². The minimum atomic E-state index is -0.446. The van der Waals surface area contributed by atoms with Crippen LogP contribution in [0.25, 0.3) is 0 Å². The summed E-state index contributed by atoms with van der Waals surface area (Å²) < 4.78 is 0. The van der Waals surface area contributed by atoms with Gasteiger partial charge in [0.15, 0.2) is 11.5 Å². The van der Waals surface area contributed by atoms with Crippen LogP contribution in [0.15, 0.2) is 48.5 Å². The van der Waals surface area contributed by atoms with Crippen LogP contribution in [0, 0.1) is 6.92 Å². The molecule has 0 aliphatic carbocycles. The van der Waals surface area contributed by atoms with Gasteiger partial charge >= 0.3 is 0 Å². The lowest BCUT2D eigenvalue weighted by molar-refractivity contribution is -0.274. The highest BCUT2D eigenvalue weighted by molar-refractivity contribution is 6.10. The Kier molecular flexibility index (Phi) is 4.43. The molecule has 0 aliphatic heterocycles. The SMILES string of the molecule is Cc1ccc(OOC(C)(C)C)c(C(=O)c2ccccc2)c1. The quantitative estimate of drug-likeness (QED) is 0.476. The highest BCUT2D eigenvalue weighted by atomic mass is 17.2. The largest absolute Gasteiger partial charge is 0.336 e. The van der Waals surface area contributed by atoms with Crippen molar-refractivity contribution in [1.82, 2.24) is 0 Å². The van der Waals surface area contributed by atoms with Crippen LogP contribution in [0.3, 0.4) is 0 Å². The second kappa shape index (κ2) is 6.10. The fourth-order valence-electron chi connectivity index (χ4n) is 1.81. The van der Waals surface area contributed by atoms with Gasteiger partial charge in [0.25, 0.3) is 0 Å². The molecule has 0 fully saturated rings. The molecule has 2 rings (SSSR count). The first-order chi connectivity index (χ1) is 9.87. The molecule has 0 amide bonds. The zero-order chi connectivity index (χ0) is 15.5. The van der Waals surface area contributed by atoms with Crippen LogP contribution in [0.2, 0.25) is 0 Å². The Balaban J connectivity index is 2.33. The van der Waals surface area contributed by atoms with Crippen LogP contribution in [0.1, 0.15) is 42.3 Å². The molecule has 3 nitrogen and oxygen atoms in total. The van der Waals surface area contributed by atoms with E-state index in [1.807, 2.05) is 58.0 Å². The summed E-state index contributed by atoms with van der Waals surface area (Å²) in [7, 11) is 0. The van der Waals surface area contributed by atoms with Gasteiger partial charge in [0.1, 0.15) is 5.60 Å². The molecule has 2 aromatic carbocycles. The van der Waals surface area contributed by atoms with Gasteiger partial charge in [-0.1, -0.05) is 42.0 Å². The lowest BCUT2D eigenvalue weighted by Gasteiger charge is -2.19. The van der Waals surface area contributed by atoms with Gasteiger partial charge in [-0.25, -0.2) is 0 Å². The zero-order valence-electron chi connectivity index (χ0n) is 12.8. The molecule has 0 unspecified atom stereocenters. The predicted octanol–water partition coefficient (Wildman–Crippen LogP) is 4.33. The first-order valence-electron chi connectivity index (χ1n) is 6.93. The molecular weight excluding hydrogens is 264 g/mol. The monoisotopic (exact) mass is 284 g/mol. The van der Waals surface area contributed by atoms with Crippen LogP contribution in [-0.4, -0.2) is 11.4 Å². The number of rotatable bonds is 4. The zero-order valence-corrected chi connectivity index (χ0v) is 12.8. The average Bonchev–Trinajstić information content (AvgIpc) is 2.45. The lowest BCUT2D eigenvalue weighted by Crippen LogP contribution is -2.22. The molecule has 21 heavy (non-hydrogen) atoms. The van der Waals surface area contributed by atoms with Crippen molar-refractivity contribution in [2.45, 2.75) is 33.3 Å². The fraction of sp³-hybridized carbons (Fsp3) is 0.278. The lowest BCUT2D eigenvalue weighted by atomic mass is 10.0. The third kappa shape index (κ3) is 4.17. The maximum Gasteiger partial charge on any atom is 0.196 e. The maximum atomic E-state index is 12.6. The number of carbonyl (C=O) groups excluding carboxylic acids is 1. The standard InChI is InChI=1S/C18H20O3/c1-13-10-11-16(20-21-18(2,3)4)15(12-13)17(19)14-8-6-5-7-9-14/h5-12H,1-4H3. The Bertz CT molecular complexity index is 625. The summed E-state index contributed by atoms with van der Waals surface area (Å²) in [4.78, 5) is 23.3. The highest BCUT2D eigenvalue weighted by Crippen LogP contribution is 2.25. The predicted molar refractivity (Wildman–Crippen MR) is 82.5 cm³/mol. The first kappa shape index (κ1) is 15.3. The van der Waals surface area contributed by atoms with Crippen LogP contribution in [0.4, 0.5) is 0 Å². The van der Waals surface area contributed by atoms with E-state index < -0.39 is 5.60 Å². The molecule has 3 heteroatoms. The second-order valence-corrected chi connectivity index (χ2v) is 5.97. The Labute approximate surface area is 125 Å². The van der Waals surface area contributed by atoms with E-state index in [0.717, 1.165) is 5.56 Å². The van der Waals surface area contributed by atoms with Gasteiger partial charge in [-0.3, -0.25) is 4.79 Å². The number of hydrogen-bond donors (Lipinski definition) is 0. The number of benzene rings is 2. The van der Waals surface area contributed by atoms with E-state index in [0.29, 0.717) is 16.9 Å².